The van der Waals surface area contributed by atoms with Crippen LogP contribution in [0.5, 0.6) is 11.8 Å². The molecule has 2 fully saturated rings. The number of hydrogen-bond acceptors (Lipinski definition) is 8. The molecule has 7 nitrogen and oxygen atoms in total. The summed E-state index contributed by atoms with van der Waals surface area (Å²) in [6.07, 6.45) is 9.15. The molecule has 35 heavy (non-hydrogen) atoms. The first-order chi connectivity index (χ1) is 17.0. The molecule has 0 bridgehead atoms. The molecule has 2 aromatic heterocycles. The van der Waals surface area contributed by atoms with Crippen molar-refractivity contribution >= 4 is 34.2 Å². The van der Waals surface area contributed by atoms with Gasteiger partial charge in [0.2, 0.25) is 0 Å². The summed E-state index contributed by atoms with van der Waals surface area (Å²) >= 11 is 1.73. The molecule has 0 unspecified atom stereocenters. The standard InChI is InChI=1S/C27H32N6OS/c1-17-13-20-7-8-22(18(2)21(20)14-17)34-26-29-24(15-25(31-26)33-11-9-32(3)10-12-33)30-27-28-16-23(35-27)19-5-4-6-19/h7-8,14-16,19H,4-6,9-13H2,1-3H3,(H,28,29,30,31). The van der Waals surface area contributed by atoms with Gasteiger partial charge in [0.15, 0.2) is 5.13 Å². The Kier molecular flexibility index (Phi) is 5.94. The second kappa shape index (κ2) is 9.24. The van der Waals surface area contributed by atoms with Crippen LogP contribution in [0.4, 0.5) is 16.8 Å². The molecule has 0 radical (unpaired) electrons. The normalized spacial score (nSPS) is 18.3. The Morgan fingerprint density at radius 3 is 2.69 bits per heavy atom. The van der Waals surface area contributed by atoms with E-state index in [2.05, 4.69) is 53.1 Å². The number of benzene rings is 1. The molecule has 1 N–H and O–H groups in total. The van der Waals surface area contributed by atoms with E-state index in [9.17, 15) is 0 Å². The van der Waals surface area contributed by atoms with Crippen LogP contribution in [0.1, 0.15) is 53.7 Å². The lowest BCUT2D eigenvalue weighted by Crippen LogP contribution is -2.44. The third kappa shape index (κ3) is 4.65. The maximum Gasteiger partial charge on any atom is 0.325 e. The van der Waals surface area contributed by atoms with Crippen molar-refractivity contribution in [3.63, 3.8) is 0 Å². The second-order valence-electron chi connectivity index (χ2n) is 10.0. The molecule has 6 rings (SSSR count). The predicted octanol–water partition coefficient (Wildman–Crippen LogP) is 5.76. The smallest absolute Gasteiger partial charge is 0.325 e. The first kappa shape index (κ1) is 22.5. The number of allylic oxidation sites excluding steroid dienone is 1. The van der Waals surface area contributed by atoms with Crippen LogP contribution in [0.15, 0.2) is 30.0 Å². The summed E-state index contributed by atoms with van der Waals surface area (Å²) in [5.41, 5.74) is 5.13. The van der Waals surface area contributed by atoms with E-state index in [4.69, 9.17) is 14.7 Å². The lowest BCUT2D eigenvalue weighted by molar-refractivity contribution is 0.311. The van der Waals surface area contributed by atoms with E-state index in [1.165, 1.54) is 40.8 Å². The van der Waals surface area contributed by atoms with Crippen molar-refractivity contribution in [3.05, 3.63) is 51.5 Å². The minimum Gasteiger partial charge on any atom is -0.424 e. The minimum atomic E-state index is 0.362. The molecule has 8 heteroatoms. The summed E-state index contributed by atoms with van der Waals surface area (Å²) in [6.45, 7) is 8.17. The van der Waals surface area contributed by atoms with E-state index in [0.29, 0.717) is 17.7 Å². The third-order valence-corrected chi connectivity index (χ3v) is 8.48. The fourth-order valence-electron chi connectivity index (χ4n) is 4.98. The molecule has 1 aliphatic heterocycles. The Morgan fingerprint density at radius 1 is 1.09 bits per heavy atom. The number of aromatic nitrogens is 3. The lowest BCUT2D eigenvalue weighted by Gasteiger charge is -2.33. The number of rotatable bonds is 6. The number of likely N-dealkylation sites (N-methyl/N-ethyl adjacent to an activating group) is 1. The number of anilines is 3. The first-order valence-corrected chi connectivity index (χ1v) is 13.4. The fraction of sp³-hybridized carbons (Fsp3) is 0.444. The molecule has 3 aliphatic rings. The molecule has 0 atom stereocenters. The van der Waals surface area contributed by atoms with Crippen molar-refractivity contribution in [1.29, 1.82) is 0 Å². The molecule has 0 spiro atoms. The van der Waals surface area contributed by atoms with Crippen LogP contribution in [0.2, 0.25) is 0 Å². The highest BCUT2D eigenvalue weighted by molar-refractivity contribution is 7.15. The van der Waals surface area contributed by atoms with Gasteiger partial charge in [-0.15, -0.1) is 11.3 Å². The van der Waals surface area contributed by atoms with E-state index in [1.54, 1.807) is 11.3 Å². The van der Waals surface area contributed by atoms with Gasteiger partial charge in [-0.05, 0) is 68.8 Å². The van der Waals surface area contributed by atoms with Gasteiger partial charge in [-0.3, -0.25) is 0 Å². The highest BCUT2D eigenvalue weighted by Crippen LogP contribution is 2.40. The Labute approximate surface area is 210 Å². The highest BCUT2D eigenvalue weighted by Gasteiger charge is 2.23. The number of nitrogens with one attached hydrogen (secondary N) is 1. The Balaban J connectivity index is 1.30. The zero-order valence-electron chi connectivity index (χ0n) is 20.7. The quantitative estimate of drug-likeness (QED) is 0.473. The molecule has 0 amide bonds. The summed E-state index contributed by atoms with van der Waals surface area (Å²) in [5, 5.41) is 4.30. The monoisotopic (exact) mass is 488 g/mol. The van der Waals surface area contributed by atoms with Gasteiger partial charge in [-0.2, -0.15) is 9.97 Å². The van der Waals surface area contributed by atoms with Gasteiger partial charge < -0.3 is 19.9 Å². The first-order valence-electron chi connectivity index (χ1n) is 12.5. The maximum atomic E-state index is 6.33. The SMILES string of the molecule is CC1=Cc2c(ccc(Oc3nc(Nc4ncc(C5CCC5)s4)cc(N4CCN(C)CC4)n3)c2C)C1. The molecule has 3 aromatic rings. The summed E-state index contributed by atoms with van der Waals surface area (Å²) in [7, 11) is 2.16. The van der Waals surface area contributed by atoms with Crippen molar-refractivity contribution in [1.82, 2.24) is 19.9 Å². The molecule has 3 heterocycles. The molecule has 182 valence electrons. The highest BCUT2D eigenvalue weighted by atomic mass is 32.1. The van der Waals surface area contributed by atoms with Gasteiger partial charge in [0, 0.05) is 43.3 Å². The van der Waals surface area contributed by atoms with Crippen LogP contribution < -0.4 is 15.0 Å². The average molecular weight is 489 g/mol. The average Bonchev–Trinajstić information content (AvgIpc) is 3.41. The zero-order chi connectivity index (χ0) is 23.9. The Morgan fingerprint density at radius 2 is 1.91 bits per heavy atom. The molecule has 1 saturated heterocycles. The van der Waals surface area contributed by atoms with Gasteiger partial charge in [-0.1, -0.05) is 24.1 Å². The molecular weight excluding hydrogens is 456 g/mol. The van der Waals surface area contributed by atoms with Crippen molar-refractivity contribution < 1.29 is 4.74 Å². The fourth-order valence-corrected chi connectivity index (χ4v) is 5.97. The van der Waals surface area contributed by atoms with Crippen LogP contribution in [0, 0.1) is 6.92 Å². The van der Waals surface area contributed by atoms with Gasteiger partial charge in [0.25, 0.3) is 0 Å². The van der Waals surface area contributed by atoms with Crippen LogP contribution in [0.25, 0.3) is 6.08 Å². The molecule has 2 aliphatic carbocycles. The van der Waals surface area contributed by atoms with Crippen molar-refractivity contribution in [2.75, 3.05) is 43.4 Å². The number of nitrogens with zero attached hydrogens (tertiary/aromatic N) is 5. The maximum absolute atomic E-state index is 6.33. The van der Waals surface area contributed by atoms with E-state index in [-0.39, 0.29) is 0 Å². The van der Waals surface area contributed by atoms with E-state index >= 15 is 0 Å². The predicted molar refractivity (Wildman–Crippen MR) is 142 cm³/mol. The largest absolute Gasteiger partial charge is 0.424 e. The van der Waals surface area contributed by atoms with Gasteiger partial charge in [0.1, 0.15) is 17.4 Å². The minimum absolute atomic E-state index is 0.362. The number of fused-ring (bicyclic) bond motifs is 1. The van der Waals surface area contributed by atoms with Crippen LogP contribution in [0.3, 0.4) is 0 Å². The van der Waals surface area contributed by atoms with Crippen molar-refractivity contribution in [2.24, 2.45) is 0 Å². The number of ether oxygens (including phenoxy) is 1. The van der Waals surface area contributed by atoms with Crippen LogP contribution >= 0.6 is 11.3 Å². The molecular formula is C27H32N6OS. The van der Waals surface area contributed by atoms with E-state index < -0.39 is 0 Å². The number of piperazine rings is 1. The second-order valence-corrected chi connectivity index (χ2v) is 11.1. The summed E-state index contributed by atoms with van der Waals surface area (Å²) < 4.78 is 6.33. The summed E-state index contributed by atoms with van der Waals surface area (Å²) in [4.78, 5) is 20.2. The number of thiazole rings is 1. The van der Waals surface area contributed by atoms with Crippen molar-refractivity contribution in [2.45, 2.75) is 45.4 Å². The third-order valence-electron chi connectivity index (χ3n) is 7.40. The lowest BCUT2D eigenvalue weighted by atomic mass is 9.85. The van der Waals surface area contributed by atoms with E-state index in [1.807, 2.05) is 18.3 Å². The van der Waals surface area contributed by atoms with Crippen molar-refractivity contribution in [3.8, 4) is 11.8 Å². The Bertz CT molecular complexity index is 1270. The molecule has 1 saturated carbocycles. The Hall–Kier alpha value is -2.97. The van der Waals surface area contributed by atoms with E-state index in [0.717, 1.165) is 54.9 Å². The zero-order valence-corrected chi connectivity index (χ0v) is 21.5. The summed E-state index contributed by atoms with van der Waals surface area (Å²) in [5.74, 6) is 3.08. The summed E-state index contributed by atoms with van der Waals surface area (Å²) in [6, 6.07) is 6.59. The topological polar surface area (TPSA) is 66.4 Å². The van der Waals surface area contributed by atoms with Gasteiger partial charge in [-0.25, -0.2) is 4.98 Å². The molecule has 1 aromatic carbocycles. The van der Waals surface area contributed by atoms with Gasteiger partial charge in [0.05, 0.1) is 0 Å². The van der Waals surface area contributed by atoms with Crippen LogP contribution in [-0.2, 0) is 6.42 Å². The van der Waals surface area contributed by atoms with Crippen LogP contribution in [-0.4, -0.2) is 53.1 Å². The number of hydrogen-bond donors (Lipinski definition) is 1. The van der Waals surface area contributed by atoms with Gasteiger partial charge >= 0.3 is 6.01 Å².